The van der Waals surface area contributed by atoms with Gasteiger partial charge in [-0.25, -0.2) is 4.79 Å². The van der Waals surface area contributed by atoms with Crippen LogP contribution in [0.4, 0.5) is 4.79 Å². The molecule has 0 aliphatic heterocycles. The number of carbonyl (C=O) groups is 2. The summed E-state index contributed by atoms with van der Waals surface area (Å²) in [5, 5.41) is 11.6. The van der Waals surface area contributed by atoms with Crippen molar-refractivity contribution >= 4 is 24.0 Å². The summed E-state index contributed by atoms with van der Waals surface area (Å²) in [7, 11) is 0. The number of rotatable bonds is 6. The van der Waals surface area contributed by atoms with Crippen LogP contribution in [0.25, 0.3) is 11.1 Å². The second-order valence-corrected chi connectivity index (χ2v) is 10.8. The maximum atomic E-state index is 13.3. The van der Waals surface area contributed by atoms with Crippen LogP contribution in [0.3, 0.4) is 0 Å². The molecular formula is C30H32ClNO4. The fourth-order valence-corrected chi connectivity index (χ4v) is 4.73. The molecule has 1 N–H and O–H groups in total. The quantitative estimate of drug-likeness (QED) is 0.381. The Bertz CT molecular complexity index is 1220. The molecule has 3 aromatic rings. The van der Waals surface area contributed by atoms with Gasteiger partial charge in [-0.3, -0.25) is 4.79 Å². The fourth-order valence-electron chi connectivity index (χ4n) is 4.61. The van der Waals surface area contributed by atoms with E-state index in [0.29, 0.717) is 22.6 Å². The Morgan fingerprint density at radius 2 is 1.72 bits per heavy atom. The number of carbonyl (C=O) groups excluding carboxylic acids is 2. The second-order valence-electron chi connectivity index (χ2n) is 10.3. The Labute approximate surface area is 217 Å². The smallest absolute Gasteiger partial charge is 0.410 e. The van der Waals surface area contributed by atoms with E-state index in [2.05, 4.69) is 18.2 Å². The fraction of sp³-hybridized carbons (Fsp3) is 0.333. The Hall–Kier alpha value is -3.15. The third-order valence-electron chi connectivity index (χ3n) is 6.48. The number of nitrogens with zero attached hydrogens (tertiary/aromatic N) is 1. The van der Waals surface area contributed by atoms with Crippen molar-refractivity contribution in [1.29, 1.82) is 0 Å². The molecule has 3 aromatic carbocycles. The zero-order chi connectivity index (χ0) is 25.9. The molecule has 36 heavy (non-hydrogen) atoms. The normalized spacial score (nSPS) is 16.1. The molecule has 4 rings (SSSR count). The lowest BCUT2D eigenvalue weighted by atomic mass is 9.85. The van der Waals surface area contributed by atoms with E-state index in [0.717, 1.165) is 30.3 Å². The molecule has 0 unspecified atom stereocenters. The molecule has 0 bridgehead atoms. The van der Waals surface area contributed by atoms with Crippen molar-refractivity contribution in [1.82, 2.24) is 4.90 Å². The number of hydrogen-bond donors (Lipinski definition) is 1. The van der Waals surface area contributed by atoms with Crippen molar-refractivity contribution in [2.24, 2.45) is 0 Å². The molecule has 0 heterocycles. The minimum Gasteiger partial charge on any atom is -0.444 e. The van der Waals surface area contributed by atoms with Crippen molar-refractivity contribution in [2.45, 2.75) is 57.8 Å². The summed E-state index contributed by atoms with van der Waals surface area (Å²) in [6.45, 7) is 5.66. The van der Waals surface area contributed by atoms with Crippen LogP contribution in [0.1, 0.15) is 60.3 Å². The van der Waals surface area contributed by atoms with Gasteiger partial charge in [0.15, 0.2) is 0 Å². The molecule has 2 atom stereocenters. The number of ether oxygens (including phenoxy) is 1. The number of aldehydes is 1. The second kappa shape index (κ2) is 10.9. The van der Waals surface area contributed by atoms with E-state index in [9.17, 15) is 14.7 Å². The lowest BCUT2D eigenvalue weighted by molar-refractivity contribution is 0.00195. The number of fused-ring (bicyclic) bond motifs is 1. The highest BCUT2D eigenvalue weighted by Gasteiger charge is 2.32. The van der Waals surface area contributed by atoms with Gasteiger partial charge in [-0.2, -0.15) is 0 Å². The van der Waals surface area contributed by atoms with E-state index in [-0.39, 0.29) is 12.6 Å². The SMILES string of the molecule is CC(C)(C)OC(=O)N(C[C@@H](O)c1ccc(Cl)cc1)[C@H]1CCc2ccc(-c3ccc(C=O)cc3)cc2C1. The van der Waals surface area contributed by atoms with Gasteiger partial charge in [-0.15, -0.1) is 0 Å². The highest BCUT2D eigenvalue weighted by molar-refractivity contribution is 6.30. The lowest BCUT2D eigenvalue weighted by Crippen LogP contribution is -2.47. The third kappa shape index (κ3) is 6.34. The number of aryl methyl sites for hydroxylation is 1. The van der Waals surface area contributed by atoms with Crippen LogP contribution in [0.2, 0.25) is 5.02 Å². The van der Waals surface area contributed by atoms with E-state index in [1.165, 1.54) is 11.1 Å². The van der Waals surface area contributed by atoms with Crippen LogP contribution in [-0.4, -0.2) is 40.6 Å². The number of hydrogen-bond acceptors (Lipinski definition) is 4. The Balaban J connectivity index is 1.59. The summed E-state index contributed by atoms with van der Waals surface area (Å²) in [4.78, 5) is 26.0. The number of aliphatic hydroxyl groups excluding tert-OH is 1. The zero-order valence-corrected chi connectivity index (χ0v) is 21.7. The van der Waals surface area contributed by atoms with Gasteiger partial charge in [-0.05, 0) is 80.0 Å². The van der Waals surface area contributed by atoms with E-state index in [1.807, 2.05) is 45.0 Å². The van der Waals surface area contributed by atoms with E-state index >= 15 is 0 Å². The highest BCUT2D eigenvalue weighted by atomic mass is 35.5. The van der Waals surface area contributed by atoms with Gasteiger partial charge >= 0.3 is 6.09 Å². The largest absolute Gasteiger partial charge is 0.444 e. The molecule has 0 fully saturated rings. The Kier molecular flexibility index (Phi) is 7.82. The summed E-state index contributed by atoms with van der Waals surface area (Å²) in [6, 6.07) is 20.8. The van der Waals surface area contributed by atoms with Gasteiger partial charge in [0.05, 0.1) is 12.6 Å². The van der Waals surface area contributed by atoms with Crippen LogP contribution in [-0.2, 0) is 17.6 Å². The number of benzene rings is 3. The van der Waals surface area contributed by atoms with Gasteiger partial charge in [-0.1, -0.05) is 66.2 Å². The van der Waals surface area contributed by atoms with Crippen molar-refractivity contribution in [2.75, 3.05) is 6.54 Å². The van der Waals surface area contributed by atoms with Crippen molar-refractivity contribution < 1.29 is 19.4 Å². The van der Waals surface area contributed by atoms with Crippen molar-refractivity contribution in [3.63, 3.8) is 0 Å². The van der Waals surface area contributed by atoms with Gasteiger partial charge in [0.2, 0.25) is 0 Å². The monoisotopic (exact) mass is 505 g/mol. The van der Waals surface area contributed by atoms with E-state index < -0.39 is 17.8 Å². The number of aliphatic hydroxyl groups is 1. The first-order valence-corrected chi connectivity index (χ1v) is 12.6. The molecule has 6 heteroatoms. The first-order chi connectivity index (χ1) is 17.1. The molecule has 0 aromatic heterocycles. The van der Waals surface area contributed by atoms with Gasteiger partial charge in [0, 0.05) is 16.6 Å². The van der Waals surface area contributed by atoms with Gasteiger partial charge < -0.3 is 14.7 Å². The predicted octanol–water partition coefficient (Wildman–Crippen LogP) is 6.65. The van der Waals surface area contributed by atoms with Crippen LogP contribution < -0.4 is 0 Å². The van der Waals surface area contributed by atoms with E-state index in [4.69, 9.17) is 16.3 Å². The molecule has 5 nitrogen and oxygen atoms in total. The van der Waals surface area contributed by atoms with Crippen LogP contribution >= 0.6 is 11.6 Å². The molecule has 1 aliphatic rings. The summed E-state index contributed by atoms with van der Waals surface area (Å²) < 4.78 is 5.74. The summed E-state index contributed by atoms with van der Waals surface area (Å²) in [6.07, 6.45) is 1.84. The molecule has 0 spiro atoms. The van der Waals surface area contributed by atoms with Gasteiger partial charge in [0.25, 0.3) is 0 Å². The predicted molar refractivity (Wildman–Crippen MR) is 142 cm³/mol. The topological polar surface area (TPSA) is 66.8 Å². The van der Waals surface area contributed by atoms with Crippen LogP contribution in [0.15, 0.2) is 66.7 Å². The summed E-state index contributed by atoms with van der Waals surface area (Å²) >= 11 is 6.01. The Morgan fingerprint density at radius 3 is 2.36 bits per heavy atom. The summed E-state index contributed by atoms with van der Waals surface area (Å²) in [5.74, 6) is 0. The zero-order valence-electron chi connectivity index (χ0n) is 20.9. The molecule has 0 saturated carbocycles. The maximum absolute atomic E-state index is 13.3. The standard InChI is InChI=1S/C30H32ClNO4/c1-30(2,3)36-29(35)32(18-28(34)23-10-13-26(31)14-11-23)27-15-12-22-8-9-24(16-25(22)17-27)21-6-4-20(19-33)5-7-21/h4-11,13-14,16,19,27-28,34H,12,15,17-18H2,1-3H3/t27-,28+/m0/s1. The Morgan fingerprint density at radius 1 is 1.06 bits per heavy atom. The molecular weight excluding hydrogens is 474 g/mol. The first-order valence-electron chi connectivity index (χ1n) is 12.2. The maximum Gasteiger partial charge on any atom is 0.410 e. The van der Waals surface area contributed by atoms with E-state index in [1.54, 1.807) is 29.2 Å². The highest BCUT2D eigenvalue weighted by Crippen LogP contribution is 2.31. The van der Waals surface area contributed by atoms with Crippen molar-refractivity contribution in [3.8, 4) is 11.1 Å². The van der Waals surface area contributed by atoms with Crippen molar-refractivity contribution in [3.05, 3.63) is 94.0 Å². The summed E-state index contributed by atoms with van der Waals surface area (Å²) in [5.41, 5.74) is 5.24. The number of halogens is 1. The number of amides is 1. The average Bonchev–Trinajstić information content (AvgIpc) is 2.86. The molecule has 1 aliphatic carbocycles. The minimum absolute atomic E-state index is 0.109. The molecule has 188 valence electrons. The lowest BCUT2D eigenvalue weighted by Gasteiger charge is -2.37. The molecule has 1 amide bonds. The first kappa shape index (κ1) is 25.9. The van der Waals surface area contributed by atoms with Gasteiger partial charge in [0.1, 0.15) is 11.9 Å². The van der Waals surface area contributed by atoms with Crippen LogP contribution in [0.5, 0.6) is 0 Å². The average molecular weight is 506 g/mol. The molecule has 0 saturated heterocycles. The van der Waals surface area contributed by atoms with Crippen LogP contribution in [0, 0.1) is 0 Å². The minimum atomic E-state index is -0.862. The third-order valence-corrected chi connectivity index (χ3v) is 6.73. The molecule has 0 radical (unpaired) electrons.